The number of imide groups is 1. The van der Waals surface area contributed by atoms with Crippen molar-refractivity contribution in [2.45, 2.75) is 79.1 Å². The molecule has 0 fully saturated rings. The summed E-state index contributed by atoms with van der Waals surface area (Å²) in [6, 6.07) is 1.51. The van der Waals surface area contributed by atoms with Gasteiger partial charge >= 0.3 is 18.3 Å². The van der Waals surface area contributed by atoms with Crippen LogP contribution in [0.2, 0.25) is 0 Å². The highest BCUT2D eigenvalue weighted by Crippen LogP contribution is 2.28. The Kier molecular flexibility index (Phi) is 6.35. The van der Waals surface area contributed by atoms with E-state index >= 15 is 0 Å². The first-order valence-corrected chi connectivity index (χ1v) is 9.80. The molecule has 0 spiro atoms. The Morgan fingerprint density at radius 2 is 1.29 bits per heavy atom. The summed E-state index contributed by atoms with van der Waals surface area (Å²) in [6.07, 6.45) is -0.0219. The highest BCUT2D eigenvalue weighted by molar-refractivity contribution is 6.13. The molecule has 0 atom stereocenters. The van der Waals surface area contributed by atoms with Crippen molar-refractivity contribution in [1.82, 2.24) is 14.5 Å². The molecule has 0 aromatic carbocycles. The monoisotopic (exact) mass is 434 g/mol. The smallest absolute Gasteiger partial charge is 0.425 e. The molecule has 10 nitrogen and oxygen atoms in total. The van der Waals surface area contributed by atoms with Crippen LogP contribution in [0.4, 0.5) is 20.2 Å². The van der Waals surface area contributed by atoms with E-state index in [1.165, 1.54) is 16.8 Å². The van der Waals surface area contributed by atoms with Crippen LogP contribution in [0.15, 0.2) is 18.6 Å². The van der Waals surface area contributed by atoms with Gasteiger partial charge in [-0.25, -0.2) is 28.9 Å². The summed E-state index contributed by atoms with van der Waals surface area (Å²) in [5.41, 5.74) is -2.29. The van der Waals surface area contributed by atoms with E-state index in [2.05, 4.69) is 9.97 Å². The van der Waals surface area contributed by atoms with Crippen LogP contribution < -0.4 is 4.90 Å². The Morgan fingerprint density at radius 3 is 1.74 bits per heavy atom. The second kappa shape index (κ2) is 8.16. The predicted molar refractivity (Wildman–Crippen MR) is 114 cm³/mol. The number of amides is 2. The van der Waals surface area contributed by atoms with E-state index in [0.717, 1.165) is 6.33 Å². The topological polar surface area (TPSA) is 113 Å². The molecule has 0 unspecified atom stereocenters. The fourth-order valence-corrected chi connectivity index (χ4v) is 2.44. The van der Waals surface area contributed by atoms with Gasteiger partial charge in [0, 0.05) is 6.20 Å². The summed E-state index contributed by atoms with van der Waals surface area (Å²) in [5.74, 6) is -0.0733. The Morgan fingerprint density at radius 1 is 0.806 bits per heavy atom. The zero-order valence-corrected chi connectivity index (χ0v) is 19.5. The van der Waals surface area contributed by atoms with E-state index in [-0.39, 0.29) is 16.9 Å². The summed E-state index contributed by atoms with van der Waals surface area (Å²) in [6.45, 7) is 15.3. The quantitative estimate of drug-likeness (QED) is 0.583. The highest BCUT2D eigenvalue weighted by Gasteiger charge is 2.35. The van der Waals surface area contributed by atoms with E-state index in [1.807, 2.05) is 0 Å². The lowest BCUT2D eigenvalue weighted by atomic mass is 10.2. The number of hydrogen-bond donors (Lipinski definition) is 0. The first-order chi connectivity index (χ1) is 14.0. The molecular formula is C21H30N4O6. The number of hydrogen-bond acceptors (Lipinski definition) is 8. The molecule has 0 saturated heterocycles. The Balaban J connectivity index is 2.58. The number of fused-ring (bicyclic) bond motifs is 1. The maximum Gasteiger partial charge on any atom is 0.425 e. The Bertz CT molecular complexity index is 964. The number of aromatic nitrogens is 3. The van der Waals surface area contributed by atoms with Crippen molar-refractivity contribution in [3.05, 3.63) is 18.6 Å². The van der Waals surface area contributed by atoms with Gasteiger partial charge in [-0.2, -0.15) is 4.90 Å². The van der Waals surface area contributed by atoms with Crippen molar-refractivity contribution >= 4 is 35.1 Å². The maximum atomic E-state index is 12.9. The van der Waals surface area contributed by atoms with Gasteiger partial charge < -0.3 is 14.2 Å². The fraction of sp³-hybridized carbons (Fsp3) is 0.571. The molecule has 2 heterocycles. The van der Waals surface area contributed by atoms with Crippen LogP contribution in [-0.4, -0.2) is 49.6 Å². The van der Waals surface area contributed by atoms with Gasteiger partial charge in [0.25, 0.3) is 0 Å². The van der Waals surface area contributed by atoms with Crippen molar-refractivity contribution < 1.29 is 28.6 Å². The number of anilines is 1. The fourth-order valence-electron chi connectivity index (χ4n) is 2.44. The molecule has 10 heteroatoms. The van der Waals surface area contributed by atoms with E-state index < -0.39 is 35.1 Å². The minimum atomic E-state index is -0.966. The molecule has 2 aromatic rings. The van der Waals surface area contributed by atoms with Crippen LogP contribution in [0.3, 0.4) is 0 Å². The van der Waals surface area contributed by atoms with E-state index in [9.17, 15) is 14.4 Å². The number of nitrogens with zero attached hydrogens (tertiary/aromatic N) is 4. The predicted octanol–water partition coefficient (Wildman–Crippen LogP) is 4.89. The lowest BCUT2D eigenvalue weighted by Crippen LogP contribution is -2.44. The van der Waals surface area contributed by atoms with Gasteiger partial charge in [0.05, 0.1) is 5.39 Å². The van der Waals surface area contributed by atoms with E-state index in [1.54, 1.807) is 62.3 Å². The summed E-state index contributed by atoms with van der Waals surface area (Å²) in [5, 5.41) is 0.269. The molecule has 2 aromatic heterocycles. The lowest BCUT2D eigenvalue weighted by Gasteiger charge is -2.28. The molecular weight excluding hydrogens is 404 g/mol. The van der Waals surface area contributed by atoms with Crippen LogP contribution >= 0.6 is 0 Å². The van der Waals surface area contributed by atoms with Crippen LogP contribution in [0.25, 0.3) is 11.0 Å². The summed E-state index contributed by atoms with van der Waals surface area (Å²) < 4.78 is 17.3. The van der Waals surface area contributed by atoms with Gasteiger partial charge in [-0.3, -0.25) is 0 Å². The zero-order valence-electron chi connectivity index (χ0n) is 19.5. The van der Waals surface area contributed by atoms with Gasteiger partial charge in [-0.15, -0.1) is 0 Å². The van der Waals surface area contributed by atoms with Gasteiger partial charge in [0.15, 0.2) is 11.5 Å². The Hall–Kier alpha value is -3.17. The Labute approximate surface area is 181 Å². The van der Waals surface area contributed by atoms with Crippen LogP contribution in [0.1, 0.15) is 62.3 Å². The van der Waals surface area contributed by atoms with Crippen molar-refractivity contribution in [2.75, 3.05) is 4.90 Å². The van der Waals surface area contributed by atoms with Crippen molar-refractivity contribution in [3.8, 4) is 0 Å². The number of ether oxygens (including phenoxy) is 3. The SMILES string of the molecule is CC(C)(C)OC(=O)N(C(=O)OC(C)(C)C)c1ncnc2c1ccn2C(=O)OC(C)(C)C. The molecule has 31 heavy (non-hydrogen) atoms. The minimum absolute atomic E-state index is 0.0733. The highest BCUT2D eigenvalue weighted by atomic mass is 16.6. The van der Waals surface area contributed by atoms with Crippen molar-refractivity contribution in [1.29, 1.82) is 0 Å². The average molecular weight is 434 g/mol. The number of rotatable bonds is 1. The third kappa shape index (κ3) is 6.40. The number of carbonyl (C=O) groups excluding carboxylic acids is 3. The molecule has 170 valence electrons. The molecule has 0 bridgehead atoms. The van der Waals surface area contributed by atoms with Gasteiger partial charge in [-0.05, 0) is 68.4 Å². The lowest BCUT2D eigenvalue weighted by molar-refractivity contribution is 0.0428. The molecule has 0 N–H and O–H groups in total. The molecule has 0 aliphatic rings. The third-order valence-corrected chi connectivity index (χ3v) is 3.41. The molecule has 0 aliphatic heterocycles. The van der Waals surface area contributed by atoms with Crippen molar-refractivity contribution in [3.63, 3.8) is 0 Å². The van der Waals surface area contributed by atoms with Gasteiger partial charge in [0.1, 0.15) is 23.1 Å². The molecule has 2 amide bonds. The summed E-state index contributed by atoms with van der Waals surface area (Å²) in [4.78, 5) is 47.3. The van der Waals surface area contributed by atoms with Crippen molar-refractivity contribution in [2.24, 2.45) is 0 Å². The first kappa shape index (κ1) is 24.1. The zero-order chi connectivity index (χ0) is 23.8. The number of carbonyl (C=O) groups is 3. The average Bonchev–Trinajstić information content (AvgIpc) is 2.94. The van der Waals surface area contributed by atoms with E-state index in [4.69, 9.17) is 14.2 Å². The standard InChI is InChI=1S/C21H30N4O6/c1-19(2,3)29-16(26)24-11-10-13-14(24)22-12-23-15(13)25(17(27)30-20(4,5)6)18(28)31-21(7,8)9/h10-12H,1-9H3. The van der Waals surface area contributed by atoms with Crippen LogP contribution in [-0.2, 0) is 14.2 Å². The third-order valence-electron chi connectivity index (χ3n) is 3.41. The maximum absolute atomic E-state index is 12.9. The normalized spacial score (nSPS) is 12.4. The van der Waals surface area contributed by atoms with Crippen LogP contribution in [0, 0.1) is 0 Å². The molecule has 2 rings (SSSR count). The second-order valence-corrected chi connectivity index (χ2v) is 9.90. The largest absolute Gasteiger partial charge is 0.443 e. The molecule has 0 saturated carbocycles. The molecule has 0 radical (unpaired) electrons. The first-order valence-electron chi connectivity index (χ1n) is 9.80. The van der Waals surface area contributed by atoms with Gasteiger partial charge in [0.2, 0.25) is 0 Å². The second-order valence-electron chi connectivity index (χ2n) is 9.90. The molecule has 0 aliphatic carbocycles. The summed E-state index contributed by atoms with van der Waals surface area (Å²) >= 11 is 0. The van der Waals surface area contributed by atoms with E-state index in [0.29, 0.717) is 4.90 Å². The summed E-state index contributed by atoms with van der Waals surface area (Å²) in [7, 11) is 0. The van der Waals surface area contributed by atoms with Gasteiger partial charge in [-0.1, -0.05) is 0 Å². The minimum Gasteiger partial charge on any atom is -0.443 e. The van der Waals surface area contributed by atoms with Crippen LogP contribution in [0.5, 0.6) is 0 Å².